The molecular weight excluding hydrogens is 629 g/mol. The van der Waals surface area contributed by atoms with Crippen LogP contribution in [0, 0.1) is 0 Å². The van der Waals surface area contributed by atoms with E-state index in [9.17, 15) is 0 Å². The van der Waals surface area contributed by atoms with Crippen molar-refractivity contribution in [3.63, 3.8) is 0 Å². The average molecular weight is 727 g/mol. The van der Waals surface area contributed by atoms with Crippen LogP contribution in [0.1, 0.15) is 290 Å². The Morgan fingerprint density at radius 3 is 0.673 bits per heavy atom. The molecule has 0 aromatic carbocycles. The minimum absolute atomic E-state index is 0.623. The zero-order valence-corrected chi connectivity index (χ0v) is 36.3. The summed E-state index contributed by atoms with van der Waals surface area (Å²) in [5.74, 6) is 0. The van der Waals surface area contributed by atoms with E-state index in [1.54, 1.807) is 0 Å². The first kappa shape index (κ1) is 49.5. The highest BCUT2D eigenvalue weighted by atomic mass is 16.6. The van der Waals surface area contributed by atoms with Gasteiger partial charge in [0.1, 0.15) is 0 Å². The lowest BCUT2D eigenvalue weighted by Crippen LogP contribution is -1.95. The third-order valence-electron chi connectivity index (χ3n) is 11.9. The molecule has 1 saturated heterocycles. The van der Waals surface area contributed by atoms with Gasteiger partial charge in [-0.25, -0.2) is 0 Å². The van der Waals surface area contributed by atoms with E-state index < -0.39 is 0 Å². The molecule has 1 heterocycles. The molecule has 1 aliphatic rings. The first-order chi connectivity index (χ1) is 25.9. The molecular formula is C51H98O. The summed E-state index contributed by atoms with van der Waals surface area (Å²) in [6.45, 7) is 4.60. The van der Waals surface area contributed by atoms with Crippen molar-refractivity contribution in [2.24, 2.45) is 0 Å². The molecule has 1 fully saturated rings. The summed E-state index contributed by atoms with van der Waals surface area (Å²) < 4.78 is 6.01. The van der Waals surface area contributed by atoms with Gasteiger partial charge in [0.15, 0.2) is 0 Å². The van der Waals surface area contributed by atoms with Crippen LogP contribution >= 0.6 is 0 Å². The first-order valence-electron chi connectivity index (χ1n) is 24.8. The van der Waals surface area contributed by atoms with Gasteiger partial charge in [0.25, 0.3) is 0 Å². The van der Waals surface area contributed by atoms with Crippen LogP contribution in [0.15, 0.2) is 24.3 Å². The number of epoxide rings is 1. The topological polar surface area (TPSA) is 12.5 Å². The van der Waals surface area contributed by atoms with Gasteiger partial charge in [-0.05, 0) is 64.2 Å². The van der Waals surface area contributed by atoms with Crippen molar-refractivity contribution in [1.29, 1.82) is 0 Å². The molecule has 308 valence electrons. The highest BCUT2D eigenvalue weighted by Crippen LogP contribution is 2.32. The zero-order chi connectivity index (χ0) is 37.1. The van der Waals surface area contributed by atoms with Gasteiger partial charge >= 0.3 is 0 Å². The molecule has 0 spiro atoms. The van der Waals surface area contributed by atoms with E-state index in [0.29, 0.717) is 12.2 Å². The zero-order valence-electron chi connectivity index (χ0n) is 36.3. The Morgan fingerprint density at radius 2 is 0.442 bits per heavy atom. The van der Waals surface area contributed by atoms with Crippen LogP contribution in [0.5, 0.6) is 0 Å². The summed E-state index contributed by atoms with van der Waals surface area (Å²) in [5.41, 5.74) is 0. The Morgan fingerprint density at radius 1 is 0.250 bits per heavy atom. The SMILES string of the molecule is CCCCCCC/C=C\CCCCCCCCCCCCCCCC[C@H]1O[C@H]1CCCCCCCCCCCCCC/C=C\CCCCCCCC. The fraction of sp³-hybridized carbons (Fsp3) is 0.922. The van der Waals surface area contributed by atoms with E-state index >= 15 is 0 Å². The van der Waals surface area contributed by atoms with Crippen molar-refractivity contribution < 1.29 is 4.74 Å². The molecule has 0 amide bonds. The molecule has 1 aliphatic heterocycles. The van der Waals surface area contributed by atoms with Gasteiger partial charge in [-0.15, -0.1) is 0 Å². The Balaban J connectivity index is 1.66. The largest absolute Gasteiger partial charge is 0.370 e. The van der Waals surface area contributed by atoms with Crippen LogP contribution in [0.25, 0.3) is 0 Å². The second-order valence-corrected chi connectivity index (χ2v) is 17.3. The Labute approximate surface area is 330 Å². The van der Waals surface area contributed by atoms with E-state index in [2.05, 4.69) is 38.2 Å². The van der Waals surface area contributed by atoms with Gasteiger partial charge in [-0.2, -0.15) is 0 Å². The van der Waals surface area contributed by atoms with Gasteiger partial charge in [-0.1, -0.05) is 250 Å². The van der Waals surface area contributed by atoms with Crippen LogP contribution in [-0.2, 0) is 4.74 Å². The third-order valence-corrected chi connectivity index (χ3v) is 11.9. The maximum absolute atomic E-state index is 6.01. The predicted molar refractivity (Wildman–Crippen MR) is 237 cm³/mol. The van der Waals surface area contributed by atoms with Gasteiger partial charge in [0.2, 0.25) is 0 Å². The van der Waals surface area contributed by atoms with Gasteiger partial charge in [-0.3, -0.25) is 0 Å². The number of allylic oxidation sites excluding steroid dienone is 4. The lowest BCUT2D eigenvalue weighted by molar-refractivity contribution is 0.347. The molecule has 1 heteroatoms. The van der Waals surface area contributed by atoms with Crippen molar-refractivity contribution in [3.8, 4) is 0 Å². The second-order valence-electron chi connectivity index (χ2n) is 17.3. The summed E-state index contributed by atoms with van der Waals surface area (Å²) in [6.07, 6.45) is 72.1. The van der Waals surface area contributed by atoms with Crippen molar-refractivity contribution in [2.75, 3.05) is 0 Å². The first-order valence-corrected chi connectivity index (χ1v) is 24.8. The Hall–Kier alpha value is -0.560. The van der Waals surface area contributed by atoms with Crippen LogP contribution < -0.4 is 0 Å². The molecule has 2 atom stereocenters. The van der Waals surface area contributed by atoms with Crippen molar-refractivity contribution >= 4 is 0 Å². The van der Waals surface area contributed by atoms with E-state index in [1.165, 1.54) is 276 Å². The summed E-state index contributed by atoms with van der Waals surface area (Å²) in [5, 5.41) is 0. The summed E-state index contributed by atoms with van der Waals surface area (Å²) in [6, 6.07) is 0. The average Bonchev–Trinajstić information content (AvgIpc) is 3.91. The van der Waals surface area contributed by atoms with E-state index in [0.717, 1.165) is 0 Å². The quantitative estimate of drug-likeness (QED) is 0.0346. The van der Waals surface area contributed by atoms with Crippen LogP contribution in [0.4, 0.5) is 0 Å². The number of unbranched alkanes of at least 4 members (excludes halogenated alkanes) is 37. The molecule has 0 radical (unpaired) electrons. The van der Waals surface area contributed by atoms with E-state index in [4.69, 9.17) is 4.74 Å². The van der Waals surface area contributed by atoms with Crippen molar-refractivity contribution in [3.05, 3.63) is 24.3 Å². The van der Waals surface area contributed by atoms with E-state index in [-0.39, 0.29) is 0 Å². The third kappa shape index (κ3) is 39.1. The highest BCUT2D eigenvalue weighted by Gasteiger charge is 2.36. The van der Waals surface area contributed by atoms with Gasteiger partial charge < -0.3 is 4.74 Å². The molecule has 0 unspecified atom stereocenters. The maximum atomic E-state index is 6.01. The van der Waals surface area contributed by atoms with E-state index in [1.807, 2.05) is 0 Å². The minimum atomic E-state index is 0.623. The smallest absolute Gasteiger partial charge is 0.0841 e. The molecule has 0 bridgehead atoms. The van der Waals surface area contributed by atoms with Crippen molar-refractivity contribution in [1.82, 2.24) is 0 Å². The number of hydrogen-bond acceptors (Lipinski definition) is 1. The molecule has 0 saturated carbocycles. The molecule has 1 rings (SSSR count). The normalized spacial score (nSPS) is 15.9. The molecule has 52 heavy (non-hydrogen) atoms. The van der Waals surface area contributed by atoms with Crippen LogP contribution in [0.2, 0.25) is 0 Å². The lowest BCUT2D eigenvalue weighted by Gasteiger charge is -2.03. The number of hydrogen-bond donors (Lipinski definition) is 0. The fourth-order valence-corrected chi connectivity index (χ4v) is 8.17. The number of rotatable bonds is 45. The van der Waals surface area contributed by atoms with Crippen LogP contribution in [0.3, 0.4) is 0 Å². The molecule has 0 aromatic rings. The lowest BCUT2D eigenvalue weighted by atomic mass is 10.0. The second kappa shape index (κ2) is 43.2. The molecule has 0 aliphatic carbocycles. The summed E-state index contributed by atoms with van der Waals surface area (Å²) >= 11 is 0. The highest BCUT2D eigenvalue weighted by molar-refractivity contribution is 4.84. The Bertz CT molecular complexity index is 708. The predicted octanol–water partition coefficient (Wildman–Crippen LogP) is 18.7. The Kier molecular flexibility index (Phi) is 41.1. The monoisotopic (exact) mass is 727 g/mol. The van der Waals surface area contributed by atoms with Crippen molar-refractivity contribution in [2.45, 2.75) is 302 Å². The summed E-state index contributed by atoms with van der Waals surface area (Å²) in [4.78, 5) is 0. The minimum Gasteiger partial charge on any atom is -0.370 e. The fourth-order valence-electron chi connectivity index (χ4n) is 8.17. The standard InChI is InChI=1S/C51H98O/c1-3-5-7-9-11-13-15-17-19-21-23-25-27-29-31-33-35-37-39-41-43-45-47-49-51-50(52-51)48-46-44-42-40-38-36-34-32-30-28-26-24-22-20-18-16-14-12-10-8-6-4-2/h15,17-18,20,50-51H,3-14,16,19,21-49H2,1-2H3/b17-15-,20-18-/t50-,51+/m0/s1. The summed E-state index contributed by atoms with van der Waals surface area (Å²) in [7, 11) is 0. The molecule has 0 aromatic heterocycles. The molecule has 1 nitrogen and oxygen atoms in total. The van der Waals surface area contributed by atoms with Crippen LogP contribution in [-0.4, -0.2) is 12.2 Å². The maximum Gasteiger partial charge on any atom is 0.0841 e. The molecule has 0 N–H and O–H groups in total. The van der Waals surface area contributed by atoms with Gasteiger partial charge in [0.05, 0.1) is 12.2 Å². The number of ether oxygens (including phenoxy) is 1. The van der Waals surface area contributed by atoms with Gasteiger partial charge in [0, 0.05) is 0 Å².